The Morgan fingerprint density at radius 2 is 1.91 bits per heavy atom. The number of carbonyl (C=O) groups is 1. The van der Waals surface area contributed by atoms with Crippen LogP contribution in [0.3, 0.4) is 0 Å². The highest BCUT2D eigenvalue weighted by molar-refractivity contribution is 7.92. The number of nitrogens with zero attached hydrogens (tertiary/aromatic N) is 2. The normalized spacial score (nSPS) is 13.7. The second kappa shape index (κ2) is 9.30. The Morgan fingerprint density at radius 1 is 1.22 bits per heavy atom. The van der Waals surface area contributed by atoms with Crippen LogP contribution in [0.4, 0.5) is 11.4 Å². The lowest BCUT2D eigenvalue weighted by molar-refractivity contribution is -0.384. The first-order valence-electron chi connectivity index (χ1n) is 9.59. The fourth-order valence-corrected chi connectivity index (χ4v) is 4.05. The van der Waals surface area contributed by atoms with E-state index < -0.39 is 33.4 Å². The summed E-state index contributed by atoms with van der Waals surface area (Å²) >= 11 is 0. The lowest BCUT2D eigenvalue weighted by atomic mass is 10.1. The molecule has 0 aliphatic carbocycles. The van der Waals surface area contributed by atoms with Gasteiger partial charge in [-0.05, 0) is 30.7 Å². The predicted octanol–water partition coefficient (Wildman–Crippen LogP) is 2.02. The number of hydrogen-bond donors (Lipinski definition) is 1. The number of rotatable bonds is 8. The molecule has 0 aromatic heterocycles. The number of benzene rings is 2. The minimum Gasteiger partial charge on any atom is -0.495 e. The summed E-state index contributed by atoms with van der Waals surface area (Å²) in [5.74, 6) is 0.647. The lowest BCUT2D eigenvalue weighted by Crippen LogP contribution is -2.41. The molecule has 0 bridgehead atoms. The van der Waals surface area contributed by atoms with Gasteiger partial charge < -0.3 is 19.5 Å². The van der Waals surface area contributed by atoms with Gasteiger partial charge >= 0.3 is 0 Å². The Balaban J connectivity index is 1.82. The molecule has 1 N–H and O–H groups in total. The topological polar surface area (TPSA) is 137 Å². The highest BCUT2D eigenvalue weighted by atomic mass is 32.2. The zero-order chi connectivity index (χ0) is 23.5. The molecule has 0 saturated heterocycles. The van der Waals surface area contributed by atoms with Crippen LogP contribution in [-0.2, 0) is 14.8 Å². The average molecular weight is 465 g/mol. The van der Waals surface area contributed by atoms with Crippen molar-refractivity contribution < 1.29 is 32.3 Å². The maximum absolute atomic E-state index is 12.7. The second-order valence-electron chi connectivity index (χ2n) is 7.08. The summed E-state index contributed by atoms with van der Waals surface area (Å²) in [6.45, 7) is 2.03. The summed E-state index contributed by atoms with van der Waals surface area (Å²) in [5, 5.41) is 13.9. The third kappa shape index (κ3) is 5.19. The number of non-ortho nitro benzene ring substituents is 1. The number of nitrogens with one attached hydrogen (secondary N) is 1. The molecule has 1 aliphatic rings. The van der Waals surface area contributed by atoms with E-state index in [-0.39, 0.29) is 17.1 Å². The Kier molecular flexibility index (Phi) is 6.72. The predicted molar refractivity (Wildman–Crippen MR) is 116 cm³/mol. The highest BCUT2D eigenvalue weighted by Crippen LogP contribution is 2.34. The van der Waals surface area contributed by atoms with Crippen LogP contribution in [0, 0.1) is 10.1 Å². The molecule has 2 aromatic rings. The maximum atomic E-state index is 12.7. The number of nitro benzene ring substituents is 1. The largest absolute Gasteiger partial charge is 0.495 e. The molecule has 0 spiro atoms. The van der Waals surface area contributed by atoms with Gasteiger partial charge in [-0.3, -0.25) is 19.2 Å². The zero-order valence-electron chi connectivity index (χ0n) is 17.7. The van der Waals surface area contributed by atoms with E-state index in [2.05, 4.69) is 5.32 Å². The van der Waals surface area contributed by atoms with Crippen molar-refractivity contribution in [2.75, 3.05) is 37.4 Å². The Morgan fingerprint density at radius 3 is 2.53 bits per heavy atom. The molecule has 0 fully saturated rings. The molecule has 3 rings (SSSR count). The van der Waals surface area contributed by atoms with E-state index in [0.717, 1.165) is 22.2 Å². The first kappa shape index (κ1) is 23.1. The van der Waals surface area contributed by atoms with Gasteiger partial charge in [-0.25, -0.2) is 8.42 Å². The minimum atomic E-state index is -3.97. The van der Waals surface area contributed by atoms with Crippen molar-refractivity contribution in [2.24, 2.45) is 0 Å². The average Bonchev–Trinajstić information content (AvgIpc) is 2.75. The van der Waals surface area contributed by atoms with Crippen molar-refractivity contribution in [2.45, 2.75) is 13.0 Å². The van der Waals surface area contributed by atoms with Crippen molar-refractivity contribution in [3.05, 3.63) is 52.1 Å². The van der Waals surface area contributed by atoms with Crippen LogP contribution in [0.5, 0.6) is 17.2 Å². The number of methoxy groups -OCH3 is 1. The van der Waals surface area contributed by atoms with Crippen molar-refractivity contribution in [3.8, 4) is 17.2 Å². The standard InChI is InChI=1S/C20H23N3O8S/c1-13(14-4-6-18-19(10-14)31-9-8-30-18)21-20(24)12-22(32(3,27)28)16-11-15(23(25)26)5-7-17(16)29-2/h4-7,10-11,13H,8-9,12H2,1-3H3,(H,21,24)/t13-/m0/s1. The van der Waals surface area contributed by atoms with Crippen LogP contribution < -0.4 is 23.8 Å². The summed E-state index contributed by atoms with van der Waals surface area (Å²) in [6.07, 6.45) is 0.906. The molecule has 0 unspecified atom stereocenters. The van der Waals surface area contributed by atoms with Gasteiger partial charge in [0.25, 0.3) is 5.69 Å². The van der Waals surface area contributed by atoms with Gasteiger partial charge in [0.2, 0.25) is 15.9 Å². The van der Waals surface area contributed by atoms with Crippen molar-refractivity contribution >= 4 is 27.3 Å². The molecule has 1 aliphatic heterocycles. The smallest absolute Gasteiger partial charge is 0.271 e. The van der Waals surface area contributed by atoms with Crippen molar-refractivity contribution in [3.63, 3.8) is 0 Å². The molecule has 0 saturated carbocycles. The van der Waals surface area contributed by atoms with E-state index in [4.69, 9.17) is 14.2 Å². The Bertz CT molecular complexity index is 1140. The summed E-state index contributed by atoms with van der Waals surface area (Å²) in [6, 6.07) is 8.31. The molecule has 2 aromatic carbocycles. The van der Waals surface area contributed by atoms with Gasteiger partial charge in [-0.15, -0.1) is 0 Å². The van der Waals surface area contributed by atoms with Crippen LogP contribution in [0.15, 0.2) is 36.4 Å². The summed E-state index contributed by atoms with van der Waals surface area (Å²) in [7, 11) is -2.67. The number of carbonyl (C=O) groups excluding carboxylic acids is 1. The SMILES string of the molecule is COc1ccc([N+](=O)[O-])cc1N(CC(=O)N[C@@H](C)c1ccc2c(c1)OCCO2)S(C)(=O)=O. The van der Waals surface area contributed by atoms with Gasteiger partial charge in [-0.1, -0.05) is 6.07 Å². The summed E-state index contributed by atoms with van der Waals surface area (Å²) in [5.41, 5.74) is 0.298. The van der Waals surface area contributed by atoms with Crippen LogP contribution in [0.1, 0.15) is 18.5 Å². The van der Waals surface area contributed by atoms with Gasteiger partial charge in [-0.2, -0.15) is 0 Å². The van der Waals surface area contributed by atoms with Crippen LogP contribution >= 0.6 is 0 Å². The van der Waals surface area contributed by atoms with E-state index in [1.807, 2.05) is 0 Å². The fraction of sp³-hybridized carbons (Fsp3) is 0.350. The van der Waals surface area contributed by atoms with Gasteiger partial charge in [0.15, 0.2) is 11.5 Å². The first-order chi connectivity index (χ1) is 15.1. The van der Waals surface area contributed by atoms with Crippen LogP contribution in [-0.4, -0.2) is 52.4 Å². The third-order valence-corrected chi connectivity index (χ3v) is 5.90. The van der Waals surface area contributed by atoms with Crippen molar-refractivity contribution in [1.82, 2.24) is 5.32 Å². The van der Waals surface area contributed by atoms with E-state index in [1.165, 1.54) is 19.2 Å². The monoisotopic (exact) mass is 465 g/mol. The number of fused-ring (bicyclic) bond motifs is 1. The molecule has 12 heteroatoms. The van der Waals surface area contributed by atoms with Crippen molar-refractivity contribution in [1.29, 1.82) is 0 Å². The number of ether oxygens (including phenoxy) is 3. The van der Waals surface area contributed by atoms with Crippen LogP contribution in [0.2, 0.25) is 0 Å². The Hall–Kier alpha value is -3.54. The second-order valence-corrected chi connectivity index (χ2v) is 8.98. The van der Waals surface area contributed by atoms with Gasteiger partial charge in [0.1, 0.15) is 31.2 Å². The third-order valence-electron chi connectivity index (χ3n) is 4.77. The first-order valence-corrected chi connectivity index (χ1v) is 11.4. The molecule has 1 heterocycles. The quantitative estimate of drug-likeness (QED) is 0.462. The van der Waals surface area contributed by atoms with E-state index in [0.29, 0.717) is 24.7 Å². The number of amides is 1. The number of hydrogen-bond acceptors (Lipinski definition) is 8. The summed E-state index contributed by atoms with van der Waals surface area (Å²) in [4.78, 5) is 23.2. The molecular weight excluding hydrogens is 442 g/mol. The molecule has 11 nitrogen and oxygen atoms in total. The molecule has 172 valence electrons. The van der Waals surface area contributed by atoms with Crippen LogP contribution in [0.25, 0.3) is 0 Å². The molecule has 1 atom stereocenters. The maximum Gasteiger partial charge on any atom is 0.271 e. The summed E-state index contributed by atoms with van der Waals surface area (Å²) < 4.78 is 41.8. The fourth-order valence-electron chi connectivity index (χ4n) is 3.20. The highest BCUT2D eigenvalue weighted by Gasteiger charge is 2.27. The molecule has 1 amide bonds. The molecule has 0 radical (unpaired) electrons. The zero-order valence-corrected chi connectivity index (χ0v) is 18.5. The molecular formula is C20H23N3O8S. The van der Waals surface area contributed by atoms with E-state index in [9.17, 15) is 23.3 Å². The van der Waals surface area contributed by atoms with Gasteiger partial charge in [0, 0.05) is 12.1 Å². The van der Waals surface area contributed by atoms with E-state index >= 15 is 0 Å². The minimum absolute atomic E-state index is 0.0775. The number of sulfonamides is 1. The lowest BCUT2D eigenvalue weighted by Gasteiger charge is -2.25. The number of anilines is 1. The Labute approximate surface area is 185 Å². The van der Waals surface area contributed by atoms with E-state index in [1.54, 1.807) is 25.1 Å². The van der Waals surface area contributed by atoms with Gasteiger partial charge in [0.05, 0.1) is 24.3 Å². The number of nitro groups is 1. The molecule has 32 heavy (non-hydrogen) atoms.